The van der Waals surface area contributed by atoms with Crippen molar-refractivity contribution >= 4 is 11.6 Å². The van der Waals surface area contributed by atoms with Gasteiger partial charge in [-0.25, -0.2) is 0 Å². The maximum atomic E-state index is 12.4. The van der Waals surface area contributed by atoms with Crippen molar-refractivity contribution in [3.05, 3.63) is 30.3 Å². The Hall–Kier alpha value is -1.31. The van der Waals surface area contributed by atoms with Crippen LogP contribution in [0.25, 0.3) is 0 Å². The SMILES string of the molecule is C[C@H]1[C@@H]([C@H]2CC[C@@H]2C(=O)Nc2ccccc2)CC[C@H]1C. The molecule has 0 aromatic heterocycles. The quantitative estimate of drug-likeness (QED) is 0.871. The topological polar surface area (TPSA) is 29.1 Å². The minimum atomic E-state index is 0.235. The summed E-state index contributed by atoms with van der Waals surface area (Å²) in [6.45, 7) is 4.75. The van der Waals surface area contributed by atoms with Gasteiger partial charge < -0.3 is 5.32 Å². The molecular weight excluding hydrogens is 246 g/mol. The van der Waals surface area contributed by atoms with E-state index in [0.29, 0.717) is 5.92 Å². The van der Waals surface area contributed by atoms with E-state index in [4.69, 9.17) is 0 Å². The number of benzene rings is 1. The Kier molecular flexibility index (Phi) is 3.82. The van der Waals surface area contributed by atoms with E-state index >= 15 is 0 Å². The first-order valence-electron chi connectivity index (χ1n) is 8.02. The third kappa shape index (κ3) is 2.48. The van der Waals surface area contributed by atoms with E-state index in [2.05, 4.69) is 19.2 Å². The van der Waals surface area contributed by atoms with Gasteiger partial charge in [-0.15, -0.1) is 0 Å². The molecule has 3 rings (SSSR count). The van der Waals surface area contributed by atoms with Crippen LogP contribution in [0.1, 0.15) is 39.5 Å². The van der Waals surface area contributed by atoms with Gasteiger partial charge in [-0.2, -0.15) is 0 Å². The molecule has 1 N–H and O–H groups in total. The zero-order chi connectivity index (χ0) is 14.1. The van der Waals surface area contributed by atoms with Crippen molar-refractivity contribution in [1.29, 1.82) is 0 Å². The number of para-hydroxylation sites is 1. The minimum Gasteiger partial charge on any atom is -0.326 e. The van der Waals surface area contributed by atoms with Crippen molar-refractivity contribution in [2.24, 2.45) is 29.6 Å². The zero-order valence-corrected chi connectivity index (χ0v) is 12.5. The van der Waals surface area contributed by atoms with Crippen LogP contribution in [0.3, 0.4) is 0 Å². The lowest BCUT2D eigenvalue weighted by Gasteiger charge is -2.41. The first kappa shape index (κ1) is 13.7. The average molecular weight is 271 g/mol. The minimum absolute atomic E-state index is 0.235. The molecule has 108 valence electrons. The summed E-state index contributed by atoms with van der Waals surface area (Å²) in [5.41, 5.74) is 0.927. The maximum Gasteiger partial charge on any atom is 0.227 e. The smallest absolute Gasteiger partial charge is 0.227 e. The molecule has 1 aromatic rings. The molecule has 0 aliphatic heterocycles. The summed E-state index contributed by atoms with van der Waals surface area (Å²) in [6.07, 6.45) is 4.98. The van der Waals surface area contributed by atoms with Crippen molar-refractivity contribution in [1.82, 2.24) is 0 Å². The van der Waals surface area contributed by atoms with Crippen LogP contribution in [0.4, 0.5) is 5.69 Å². The fourth-order valence-electron chi connectivity index (χ4n) is 4.13. The van der Waals surface area contributed by atoms with Gasteiger partial charge in [0.15, 0.2) is 0 Å². The van der Waals surface area contributed by atoms with Crippen LogP contribution in [0.5, 0.6) is 0 Å². The monoisotopic (exact) mass is 271 g/mol. The number of rotatable bonds is 3. The number of carbonyl (C=O) groups excluding carboxylic acids is 1. The molecule has 2 fully saturated rings. The van der Waals surface area contributed by atoms with Gasteiger partial charge in [0.05, 0.1) is 0 Å². The highest BCUT2D eigenvalue weighted by atomic mass is 16.1. The van der Waals surface area contributed by atoms with Gasteiger partial charge in [-0.3, -0.25) is 4.79 Å². The largest absolute Gasteiger partial charge is 0.326 e. The molecule has 0 heterocycles. The molecule has 0 spiro atoms. The van der Waals surface area contributed by atoms with Gasteiger partial charge in [0.1, 0.15) is 0 Å². The lowest BCUT2D eigenvalue weighted by atomic mass is 9.64. The molecular formula is C18H25NO. The summed E-state index contributed by atoms with van der Waals surface area (Å²) in [6, 6.07) is 9.84. The van der Waals surface area contributed by atoms with Crippen LogP contribution in [-0.4, -0.2) is 5.91 Å². The highest BCUT2D eigenvalue weighted by Gasteiger charge is 2.45. The fraction of sp³-hybridized carbons (Fsp3) is 0.611. The molecule has 1 aromatic carbocycles. The molecule has 2 nitrogen and oxygen atoms in total. The molecule has 0 saturated heterocycles. The standard InChI is InChI=1S/C18H25NO/c1-12-8-9-15(13(12)2)16-10-11-17(16)18(20)19-14-6-4-3-5-7-14/h3-7,12-13,15-17H,8-11H2,1-2H3,(H,19,20)/t12-,13-,15+,16-,17+/m1/s1. The van der Waals surface area contributed by atoms with Gasteiger partial charge in [0.2, 0.25) is 5.91 Å². The Balaban J connectivity index is 1.62. The summed E-state index contributed by atoms with van der Waals surface area (Å²) in [5.74, 6) is 3.49. The summed E-state index contributed by atoms with van der Waals surface area (Å²) in [7, 11) is 0. The van der Waals surface area contributed by atoms with Gasteiger partial charge in [-0.05, 0) is 55.1 Å². The number of nitrogens with one attached hydrogen (secondary N) is 1. The summed E-state index contributed by atoms with van der Waals surface area (Å²) in [4.78, 5) is 12.4. The van der Waals surface area contributed by atoms with Crippen LogP contribution in [0.15, 0.2) is 30.3 Å². The summed E-state index contributed by atoms with van der Waals surface area (Å²) >= 11 is 0. The maximum absolute atomic E-state index is 12.4. The van der Waals surface area contributed by atoms with E-state index in [1.54, 1.807) is 0 Å². The van der Waals surface area contributed by atoms with Gasteiger partial charge in [0.25, 0.3) is 0 Å². The van der Waals surface area contributed by atoms with E-state index in [9.17, 15) is 4.79 Å². The number of hydrogen-bond acceptors (Lipinski definition) is 1. The summed E-state index contributed by atoms with van der Waals surface area (Å²) < 4.78 is 0. The fourth-order valence-corrected chi connectivity index (χ4v) is 4.13. The summed E-state index contributed by atoms with van der Waals surface area (Å²) in [5, 5.41) is 3.08. The van der Waals surface area contributed by atoms with Gasteiger partial charge >= 0.3 is 0 Å². The molecule has 2 aliphatic rings. The van der Waals surface area contributed by atoms with E-state index in [1.165, 1.54) is 19.3 Å². The van der Waals surface area contributed by atoms with Crippen LogP contribution in [0, 0.1) is 29.6 Å². The first-order chi connectivity index (χ1) is 9.66. The van der Waals surface area contributed by atoms with Crippen molar-refractivity contribution in [3.8, 4) is 0 Å². The van der Waals surface area contributed by atoms with Crippen LogP contribution >= 0.6 is 0 Å². The number of carbonyl (C=O) groups is 1. The Labute approximate surface area is 122 Å². The van der Waals surface area contributed by atoms with Crippen molar-refractivity contribution in [3.63, 3.8) is 0 Å². The molecule has 5 atom stereocenters. The highest BCUT2D eigenvalue weighted by Crippen LogP contribution is 2.50. The molecule has 0 radical (unpaired) electrons. The van der Waals surface area contributed by atoms with Crippen molar-refractivity contribution in [2.45, 2.75) is 39.5 Å². The van der Waals surface area contributed by atoms with Crippen molar-refractivity contribution in [2.75, 3.05) is 5.32 Å². The average Bonchev–Trinajstić information content (AvgIpc) is 2.71. The van der Waals surface area contributed by atoms with Crippen LogP contribution < -0.4 is 5.32 Å². The van der Waals surface area contributed by atoms with Crippen LogP contribution in [-0.2, 0) is 4.79 Å². The third-order valence-corrected chi connectivity index (χ3v) is 5.78. The zero-order valence-electron chi connectivity index (χ0n) is 12.5. The van der Waals surface area contributed by atoms with Crippen LogP contribution in [0.2, 0.25) is 0 Å². The lowest BCUT2D eigenvalue weighted by Crippen LogP contribution is -2.41. The first-order valence-corrected chi connectivity index (χ1v) is 8.02. The van der Waals surface area contributed by atoms with Crippen molar-refractivity contribution < 1.29 is 4.79 Å². The number of hydrogen-bond donors (Lipinski definition) is 1. The second-order valence-corrected chi connectivity index (χ2v) is 6.78. The Morgan fingerprint density at radius 2 is 1.70 bits per heavy atom. The van der Waals surface area contributed by atoms with E-state index in [-0.39, 0.29) is 11.8 Å². The predicted octanol–water partition coefficient (Wildman–Crippen LogP) is 4.33. The number of anilines is 1. The second-order valence-electron chi connectivity index (χ2n) is 6.78. The number of amides is 1. The third-order valence-electron chi connectivity index (χ3n) is 5.78. The highest BCUT2D eigenvalue weighted by molar-refractivity contribution is 5.93. The second kappa shape index (κ2) is 5.59. The van der Waals surface area contributed by atoms with E-state index < -0.39 is 0 Å². The molecule has 0 bridgehead atoms. The molecule has 20 heavy (non-hydrogen) atoms. The molecule has 0 unspecified atom stereocenters. The Morgan fingerprint density at radius 1 is 1.00 bits per heavy atom. The van der Waals surface area contributed by atoms with Gasteiger partial charge in [-0.1, -0.05) is 38.5 Å². The molecule has 2 aliphatic carbocycles. The molecule has 2 saturated carbocycles. The predicted molar refractivity (Wildman–Crippen MR) is 82.3 cm³/mol. The molecule has 1 amide bonds. The molecule has 2 heteroatoms. The van der Waals surface area contributed by atoms with E-state index in [0.717, 1.165) is 29.9 Å². The Morgan fingerprint density at radius 3 is 2.25 bits per heavy atom. The normalized spacial score (nSPS) is 36.4. The van der Waals surface area contributed by atoms with E-state index in [1.807, 2.05) is 30.3 Å². The van der Waals surface area contributed by atoms with Gasteiger partial charge in [0, 0.05) is 11.6 Å². The lowest BCUT2D eigenvalue weighted by molar-refractivity contribution is -0.126. The Bertz CT molecular complexity index is 470.